The zero-order valence-electron chi connectivity index (χ0n) is 19.4. The average Bonchev–Trinajstić information content (AvgIpc) is 3.15. The SMILES string of the molecule is COc1cc(OCCCS(C)=O)ccc1-c1c(C)sc2cnc(NC(C=NCCO)=CN)nc12. The maximum Gasteiger partial charge on any atom is 0.227 e. The van der Waals surface area contributed by atoms with Crippen molar-refractivity contribution >= 4 is 44.5 Å². The highest BCUT2D eigenvalue weighted by Crippen LogP contribution is 2.42. The van der Waals surface area contributed by atoms with E-state index < -0.39 is 10.8 Å². The quantitative estimate of drug-likeness (QED) is 0.254. The number of hydrogen-bond acceptors (Lipinski definition) is 10. The molecule has 4 N–H and O–H groups in total. The predicted octanol–water partition coefficient (Wildman–Crippen LogP) is 3.10. The van der Waals surface area contributed by atoms with Gasteiger partial charge in [0.1, 0.15) is 11.5 Å². The minimum Gasteiger partial charge on any atom is -0.496 e. The summed E-state index contributed by atoms with van der Waals surface area (Å²) in [6, 6.07) is 5.72. The zero-order chi connectivity index (χ0) is 24.5. The third-order valence-electron chi connectivity index (χ3n) is 4.79. The molecule has 182 valence electrons. The first-order chi connectivity index (χ1) is 16.5. The highest BCUT2D eigenvalue weighted by Gasteiger charge is 2.18. The van der Waals surface area contributed by atoms with E-state index in [1.54, 1.807) is 30.9 Å². The van der Waals surface area contributed by atoms with Gasteiger partial charge in [-0.2, -0.15) is 0 Å². The summed E-state index contributed by atoms with van der Waals surface area (Å²) in [6.07, 6.45) is 7.08. The van der Waals surface area contributed by atoms with Crippen LogP contribution < -0.4 is 20.5 Å². The van der Waals surface area contributed by atoms with E-state index >= 15 is 0 Å². The van der Waals surface area contributed by atoms with Crippen LogP contribution in [-0.2, 0) is 10.8 Å². The summed E-state index contributed by atoms with van der Waals surface area (Å²) in [5, 5.41) is 12.0. The fourth-order valence-electron chi connectivity index (χ4n) is 3.27. The van der Waals surface area contributed by atoms with Gasteiger partial charge in [0, 0.05) is 57.3 Å². The summed E-state index contributed by atoms with van der Waals surface area (Å²) in [4.78, 5) is 14.3. The topological polar surface area (TPSA) is 132 Å². The molecule has 34 heavy (non-hydrogen) atoms. The van der Waals surface area contributed by atoms with Gasteiger partial charge in [-0.25, -0.2) is 9.97 Å². The third kappa shape index (κ3) is 6.52. The second-order valence-electron chi connectivity index (χ2n) is 7.29. The summed E-state index contributed by atoms with van der Waals surface area (Å²) < 4.78 is 23.7. The van der Waals surface area contributed by atoms with Crippen molar-refractivity contribution in [3.63, 3.8) is 0 Å². The van der Waals surface area contributed by atoms with E-state index in [9.17, 15) is 4.21 Å². The highest BCUT2D eigenvalue weighted by atomic mass is 32.2. The van der Waals surface area contributed by atoms with Crippen molar-refractivity contribution in [2.75, 3.05) is 44.2 Å². The lowest BCUT2D eigenvalue weighted by Gasteiger charge is -2.12. The number of aliphatic imine (C=N–C) groups is 1. The highest BCUT2D eigenvalue weighted by molar-refractivity contribution is 7.84. The number of anilines is 1. The fourth-order valence-corrected chi connectivity index (χ4v) is 4.78. The zero-order valence-corrected chi connectivity index (χ0v) is 21.0. The summed E-state index contributed by atoms with van der Waals surface area (Å²) >= 11 is 1.60. The lowest BCUT2D eigenvalue weighted by molar-refractivity contribution is 0.307. The molecule has 2 heterocycles. The molecule has 0 aliphatic rings. The number of aliphatic hydroxyl groups is 1. The molecule has 11 heteroatoms. The van der Waals surface area contributed by atoms with Crippen molar-refractivity contribution in [2.45, 2.75) is 13.3 Å². The van der Waals surface area contributed by atoms with Crippen molar-refractivity contribution in [3.8, 4) is 22.6 Å². The van der Waals surface area contributed by atoms with Crippen LogP contribution in [0.15, 0.2) is 41.3 Å². The van der Waals surface area contributed by atoms with Gasteiger partial charge < -0.3 is 25.6 Å². The number of benzene rings is 1. The van der Waals surface area contributed by atoms with Crippen LogP contribution >= 0.6 is 11.3 Å². The molecule has 0 amide bonds. The Morgan fingerprint density at radius 3 is 2.94 bits per heavy atom. The molecule has 0 saturated carbocycles. The monoisotopic (exact) mass is 503 g/mol. The van der Waals surface area contributed by atoms with E-state index in [1.807, 2.05) is 25.1 Å². The number of rotatable bonds is 12. The fraction of sp³-hybridized carbons (Fsp3) is 0.348. The lowest BCUT2D eigenvalue weighted by atomic mass is 10.0. The predicted molar refractivity (Wildman–Crippen MR) is 140 cm³/mol. The van der Waals surface area contributed by atoms with E-state index in [-0.39, 0.29) is 13.2 Å². The van der Waals surface area contributed by atoms with Gasteiger partial charge in [-0.05, 0) is 25.5 Å². The number of ether oxygens (including phenoxy) is 2. The molecule has 3 aromatic rings. The number of nitrogens with zero attached hydrogens (tertiary/aromatic N) is 3. The minimum absolute atomic E-state index is 0.0420. The Bertz CT molecular complexity index is 1210. The normalized spacial score (nSPS) is 12.9. The molecule has 3 rings (SSSR count). The van der Waals surface area contributed by atoms with Crippen LogP contribution in [0.5, 0.6) is 11.5 Å². The Morgan fingerprint density at radius 2 is 2.24 bits per heavy atom. The molecule has 2 aromatic heterocycles. The van der Waals surface area contributed by atoms with Gasteiger partial charge in [0.25, 0.3) is 0 Å². The van der Waals surface area contributed by atoms with Crippen LogP contribution in [-0.4, -0.2) is 64.4 Å². The number of aromatic nitrogens is 2. The molecular formula is C23H29N5O4S2. The smallest absolute Gasteiger partial charge is 0.227 e. The molecule has 1 unspecified atom stereocenters. The Morgan fingerprint density at radius 1 is 1.41 bits per heavy atom. The molecule has 9 nitrogen and oxygen atoms in total. The number of aryl methyl sites for hydroxylation is 1. The van der Waals surface area contributed by atoms with Crippen LogP contribution in [0.4, 0.5) is 5.95 Å². The molecular weight excluding hydrogens is 474 g/mol. The molecule has 0 bridgehead atoms. The van der Waals surface area contributed by atoms with E-state index in [1.165, 1.54) is 12.4 Å². The number of hydrogen-bond donors (Lipinski definition) is 3. The third-order valence-corrected chi connectivity index (χ3v) is 6.68. The van der Waals surface area contributed by atoms with Gasteiger partial charge in [-0.3, -0.25) is 9.20 Å². The van der Waals surface area contributed by atoms with Gasteiger partial charge in [0.05, 0.1) is 49.0 Å². The molecule has 0 saturated heterocycles. The Balaban J connectivity index is 1.90. The molecule has 0 radical (unpaired) electrons. The van der Waals surface area contributed by atoms with Crippen molar-refractivity contribution < 1.29 is 18.8 Å². The van der Waals surface area contributed by atoms with Gasteiger partial charge >= 0.3 is 0 Å². The molecule has 0 aliphatic heterocycles. The lowest BCUT2D eigenvalue weighted by Crippen LogP contribution is -2.07. The summed E-state index contributed by atoms with van der Waals surface area (Å²) in [7, 11) is 0.797. The minimum atomic E-state index is -0.827. The van der Waals surface area contributed by atoms with Crippen molar-refractivity contribution in [1.29, 1.82) is 0 Å². The second kappa shape index (κ2) is 12.4. The van der Waals surface area contributed by atoms with Gasteiger partial charge in [-0.1, -0.05) is 0 Å². The van der Waals surface area contributed by atoms with Crippen molar-refractivity contribution in [3.05, 3.63) is 41.2 Å². The summed E-state index contributed by atoms with van der Waals surface area (Å²) in [5.74, 6) is 2.35. The maximum absolute atomic E-state index is 11.2. The van der Waals surface area contributed by atoms with E-state index in [0.717, 1.165) is 32.6 Å². The van der Waals surface area contributed by atoms with Crippen molar-refractivity contribution in [2.24, 2.45) is 10.7 Å². The van der Waals surface area contributed by atoms with Crippen LogP contribution in [0.3, 0.4) is 0 Å². The Kier molecular flexibility index (Phi) is 9.37. The van der Waals surface area contributed by atoms with E-state index in [2.05, 4.69) is 15.3 Å². The van der Waals surface area contributed by atoms with Gasteiger partial charge in [-0.15, -0.1) is 11.3 Å². The maximum atomic E-state index is 11.2. The first-order valence-corrected chi connectivity index (χ1v) is 13.2. The van der Waals surface area contributed by atoms with Crippen molar-refractivity contribution in [1.82, 2.24) is 9.97 Å². The molecule has 0 spiro atoms. The van der Waals surface area contributed by atoms with Crippen LogP contribution in [0.25, 0.3) is 21.3 Å². The second-order valence-corrected chi connectivity index (χ2v) is 10.1. The first kappa shape index (κ1) is 25.6. The number of fused-ring (bicyclic) bond motifs is 1. The Labute approximate surface area is 205 Å². The molecule has 1 aromatic carbocycles. The van der Waals surface area contributed by atoms with Crippen LogP contribution in [0, 0.1) is 6.92 Å². The number of allylic oxidation sites excluding steroid dienone is 1. The van der Waals surface area contributed by atoms with Gasteiger partial charge in [0.2, 0.25) is 5.95 Å². The summed E-state index contributed by atoms with van der Waals surface area (Å²) in [5.41, 5.74) is 8.85. The Hall–Kier alpha value is -3.02. The summed E-state index contributed by atoms with van der Waals surface area (Å²) in [6.45, 7) is 2.77. The largest absolute Gasteiger partial charge is 0.496 e. The number of thiophene rings is 1. The van der Waals surface area contributed by atoms with E-state index in [0.29, 0.717) is 35.5 Å². The standard InChI is InChI=1S/C23H29N5O4S2/c1-15-21(18-6-5-17(11-19(18)31-2)32-9-4-10-34(3)30)22-20(33-15)14-26-23(28-22)27-16(12-24)13-25-7-8-29/h5-6,11-14,29H,4,7-10,24H2,1-3H3,(H,26,27,28). The number of methoxy groups -OCH3 is 1. The van der Waals surface area contributed by atoms with Crippen LogP contribution in [0.2, 0.25) is 0 Å². The molecule has 0 fully saturated rings. The van der Waals surface area contributed by atoms with Crippen LogP contribution in [0.1, 0.15) is 11.3 Å². The first-order valence-electron chi connectivity index (χ1n) is 10.6. The number of nitrogens with two attached hydrogens (primary N) is 1. The number of nitrogens with one attached hydrogen (secondary N) is 1. The van der Waals surface area contributed by atoms with Gasteiger partial charge in [0.15, 0.2) is 0 Å². The average molecular weight is 504 g/mol. The molecule has 0 aliphatic carbocycles. The number of aliphatic hydroxyl groups excluding tert-OH is 1. The van der Waals surface area contributed by atoms with E-state index in [4.69, 9.17) is 25.3 Å². The molecule has 1 atom stereocenters.